The SMILES string of the molecule is CC(C(=O)N(C)C1CCNC1)C(N)c1ccccc1. The van der Waals surface area contributed by atoms with Crippen LogP contribution in [0.3, 0.4) is 0 Å². The van der Waals surface area contributed by atoms with Crippen LogP contribution in [0, 0.1) is 5.92 Å². The molecule has 19 heavy (non-hydrogen) atoms. The Bertz CT molecular complexity index is 415. The summed E-state index contributed by atoms with van der Waals surface area (Å²) in [7, 11) is 1.88. The van der Waals surface area contributed by atoms with Crippen LogP contribution in [0.2, 0.25) is 0 Å². The fourth-order valence-electron chi connectivity index (χ4n) is 2.59. The molecule has 4 nitrogen and oxygen atoms in total. The highest BCUT2D eigenvalue weighted by molar-refractivity contribution is 5.79. The summed E-state index contributed by atoms with van der Waals surface area (Å²) in [6.45, 7) is 3.79. The topological polar surface area (TPSA) is 58.4 Å². The molecule has 1 saturated heterocycles. The molecule has 0 aromatic heterocycles. The van der Waals surface area contributed by atoms with E-state index in [0.717, 1.165) is 25.1 Å². The predicted octanol–water partition coefficient (Wildman–Crippen LogP) is 1.14. The first kappa shape index (κ1) is 14.0. The number of nitrogens with zero attached hydrogens (tertiary/aromatic N) is 1. The summed E-state index contributed by atoms with van der Waals surface area (Å²) in [4.78, 5) is 14.3. The first-order valence-corrected chi connectivity index (χ1v) is 6.89. The third-order valence-electron chi connectivity index (χ3n) is 4.04. The molecule has 1 aliphatic rings. The molecule has 3 atom stereocenters. The van der Waals surface area contributed by atoms with E-state index >= 15 is 0 Å². The summed E-state index contributed by atoms with van der Waals surface area (Å²) < 4.78 is 0. The second-order valence-corrected chi connectivity index (χ2v) is 5.32. The average Bonchev–Trinajstić information content (AvgIpc) is 2.99. The fraction of sp³-hybridized carbons (Fsp3) is 0.533. The zero-order chi connectivity index (χ0) is 13.8. The summed E-state index contributed by atoms with van der Waals surface area (Å²) >= 11 is 0. The minimum absolute atomic E-state index is 0.130. The molecule has 3 N–H and O–H groups in total. The van der Waals surface area contributed by atoms with Crippen molar-refractivity contribution in [3.8, 4) is 0 Å². The number of carbonyl (C=O) groups excluding carboxylic acids is 1. The van der Waals surface area contributed by atoms with E-state index in [1.165, 1.54) is 0 Å². The molecule has 0 spiro atoms. The van der Waals surface area contributed by atoms with Crippen molar-refractivity contribution in [2.24, 2.45) is 11.7 Å². The van der Waals surface area contributed by atoms with Crippen LogP contribution >= 0.6 is 0 Å². The highest BCUT2D eigenvalue weighted by Gasteiger charge is 2.29. The molecule has 1 heterocycles. The second-order valence-electron chi connectivity index (χ2n) is 5.32. The molecule has 1 fully saturated rings. The first-order valence-electron chi connectivity index (χ1n) is 6.89. The molecule has 104 valence electrons. The molecule has 1 aromatic carbocycles. The third kappa shape index (κ3) is 3.14. The van der Waals surface area contributed by atoms with E-state index in [-0.39, 0.29) is 17.9 Å². The van der Waals surface area contributed by atoms with Crippen LogP contribution < -0.4 is 11.1 Å². The predicted molar refractivity (Wildman–Crippen MR) is 76.6 cm³/mol. The average molecular weight is 261 g/mol. The smallest absolute Gasteiger partial charge is 0.227 e. The number of rotatable bonds is 4. The van der Waals surface area contributed by atoms with Gasteiger partial charge in [-0.1, -0.05) is 37.3 Å². The lowest BCUT2D eigenvalue weighted by Crippen LogP contribution is -2.43. The fourth-order valence-corrected chi connectivity index (χ4v) is 2.59. The monoisotopic (exact) mass is 261 g/mol. The van der Waals surface area contributed by atoms with Gasteiger partial charge in [-0.3, -0.25) is 4.79 Å². The van der Waals surface area contributed by atoms with Gasteiger partial charge in [0, 0.05) is 25.7 Å². The van der Waals surface area contributed by atoms with E-state index in [0.29, 0.717) is 6.04 Å². The zero-order valence-electron chi connectivity index (χ0n) is 11.7. The van der Waals surface area contributed by atoms with E-state index < -0.39 is 0 Å². The molecule has 0 radical (unpaired) electrons. The van der Waals surface area contributed by atoms with Gasteiger partial charge in [0.1, 0.15) is 0 Å². The van der Waals surface area contributed by atoms with Gasteiger partial charge in [0.25, 0.3) is 0 Å². The Labute approximate surface area is 115 Å². The van der Waals surface area contributed by atoms with Crippen LogP contribution in [0.25, 0.3) is 0 Å². The summed E-state index contributed by atoms with van der Waals surface area (Å²) in [5.41, 5.74) is 7.23. The van der Waals surface area contributed by atoms with Crippen LogP contribution in [0.15, 0.2) is 30.3 Å². The molecule has 1 aromatic rings. The number of benzene rings is 1. The van der Waals surface area contributed by atoms with Crippen molar-refractivity contribution in [2.45, 2.75) is 25.4 Å². The van der Waals surface area contributed by atoms with Crippen molar-refractivity contribution in [1.29, 1.82) is 0 Å². The molecule has 3 unspecified atom stereocenters. The summed E-state index contributed by atoms with van der Waals surface area (Å²) in [6, 6.07) is 9.88. The minimum Gasteiger partial charge on any atom is -0.341 e. The van der Waals surface area contributed by atoms with Gasteiger partial charge < -0.3 is 16.0 Å². The molecular weight excluding hydrogens is 238 g/mol. The van der Waals surface area contributed by atoms with Gasteiger partial charge in [-0.2, -0.15) is 0 Å². The van der Waals surface area contributed by atoms with Crippen LogP contribution in [0.4, 0.5) is 0 Å². The molecule has 0 bridgehead atoms. The molecule has 1 aliphatic heterocycles. The molecular formula is C15H23N3O. The van der Waals surface area contributed by atoms with Gasteiger partial charge in [0.15, 0.2) is 0 Å². The van der Waals surface area contributed by atoms with E-state index in [4.69, 9.17) is 5.73 Å². The molecule has 0 aliphatic carbocycles. The zero-order valence-corrected chi connectivity index (χ0v) is 11.7. The second kappa shape index (κ2) is 6.17. The lowest BCUT2D eigenvalue weighted by atomic mass is 9.94. The van der Waals surface area contributed by atoms with Crippen molar-refractivity contribution in [3.05, 3.63) is 35.9 Å². The number of hydrogen-bond donors (Lipinski definition) is 2. The summed E-state index contributed by atoms with van der Waals surface area (Å²) in [6.07, 6.45) is 1.02. The first-order chi connectivity index (χ1) is 9.11. The third-order valence-corrected chi connectivity index (χ3v) is 4.04. The van der Waals surface area contributed by atoms with Gasteiger partial charge in [-0.25, -0.2) is 0 Å². The van der Waals surface area contributed by atoms with Crippen molar-refractivity contribution >= 4 is 5.91 Å². The number of likely N-dealkylation sites (N-methyl/N-ethyl adjacent to an activating group) is 1. The largest absolute Gasteiger partial charge is 0.341 e. The standard InChI is InChI=1S/C15H23N3O/c1-11(14(16)12-6-4-3-5-7-12)15(19)18(2)13-8-9-17-10-13/h3-7,11,13-14,17H,8-10,16H2,1-2H3. The molecule has 0 saturated carbocycles. The Morgan fingerprint density at radius 3 is 2.68 bits per heavy atom. The van der Waals surface area contributed by atoms with Crippen molar-refractivity contribution in [1.82, 2.24) is 10.2 Å². The maximum atomic E-state index is 12.5. The Hall–Kier alpha value is -1.39. The lowest BCUT2D eigenvalue weighted by molar-refractivity contribution is -0.136. The highest BCUT2D eigenvalue weighted by Crippen LogP contribution is 2.22. The number of hydrogen-bond acceptors (Lipinski definition) is 3. The maximum Gasteiger partial charge on any atom is 0.227 e. The van der Waals surface area contributed by atoms with Crippen molar-refractivity contribution in [3.63, 3.8) is 0 Å². The number of carbonyl (C=O) groups is 1. The van der Waals surface area contributed by atoms with Gasteiger partial charge in [0.05, 0.1) is 5.92 Å². The van der Waals surface area contributed by atoms with Crippen LogP contribution in [-0.2, 0) is 4.79 Å². The van der Waals surface area contributed by atoms with Crippen molar-refractivity contribution < 1.29 is 4.79 Å². The Kier molecular flexibility index (Phi) is 4.56. The number of amides is 1. The van der Waals surface area contributed by atoms with Gasteiger partial charge >= 0.3 is 0 Å². The summed E-state index contributed by atoms with van der Waals surface area (Å²) in [5.74, 6) is -0.0712. The Balaban J connectivity index is 2.02. The van der Waals surface area contributed by atoms with Crippen LogP contribution in [0.5, 0.6) is 0 Å². The van der Waals surface area contributed by atoms with E-state index in [1.807, 2.05) is 49.2 Å². The maximum absolute atomic E-state index is 12.5. The lowest BCUT2D eigenvalue weighted by Gasteiger charge is -2.29. The van der Waals surface area contributed by atoms with E-state index in [9.17, 15) is 4.79 Å². The Morgan fingerprint density at radius 2 is 2.11 bits per heavy atom. The number of nitrogens with one attached hydrogen (secondary N) is 1. The normalized spacial score (nSPS) is 21.9. The molecule has 1 amide bonds. The van der Waals surface area contributed by atoms with Gasteiger partial charge in [0.2, 0.25) is 5.91 Å². The Morgan fingerprint density at radius 1 is 1.42 bits per heavy atom. The van der Waals surface area contributed by atoms with Gasteiger partial charge in [-0.15, -0.1) is 0 Å². The molecule has 4 heteroatoms. The van der Waals surface area contributed by atoms with Crippen LogP contribution in [0.1, 0.15) is 24.9 Å². The van der Waals surface area contributed by atoms with E-state index in [2.05, 4.69) is 5.32 Å². The van der Waals surface area contributed by atoms with Crippen LogP contribution in [-0.4, -0.2) is 37.0 Å². The van der Waals surface area contributed by atoms with Crippen molar-refractivity contribution in [2.75, 3.05) is 20.1 Å². The quantitative estimate of drug-likeness (QED) is 0.854. The minimum atomic E-state index is -0.245. The highest BCUT2D eigenvalue weighted by atomic mass is 16.2. The molecule has 2 rings (SSSR count). The summed E-state index contributed by atoms with van der Waals surface area (Å²) in [5, 5.41) is 3.28. The van der Waals surface area contributed by atoms with Gasteiger partial charge in [-0.05, 0) is 18.5 Å². The number of nitrogens with two attached hydrogens (primary N) is 1. The van der Waals surface area contributed by atoms with E-state index in [1.54, 1.807) is 0 Å².